The predicted molar refractivity (Wildman–Crippen MR) is 88.8 cm³/mol. The van der Waals surface area contributed by atoms with Crippen LogP contribution in [0, 0.1) is 22.7 Å². The molecule has 2 saturated carbocycles. The zero-order chi connectivity index (χ0) is 16.2. The van der Waals surface area contributed by atoms with Crippen LogP contribution in [0.1, 0.15) is 58.9 Å². The maximum atomic E-state index is 12.0. The summed E-state index contributed by atoms with van der Waals surface area (Å²) in [6.07, 6.45) is 3.82. The van der Waals surface area contributed by atoms with Gasteiger partial charge in [0.25, 0.3) is 0 Å². The van der Waals surface area contributed by atoms with Gasteiger partial charge in [-0.1, -0.05) is 51.1 Å². The molecule has 0 aliphatic heterocycles. The zero-order valence-corrected chi connectivity index (χ0v) is 14.2. The van der Waals surface area contributed by atoms with E-state index < -0.39 is 11.4 Å². The number of benzene rings is 1. The number of hydrogen-bond acceptors (Lipinski definition) is 1. The Balaban J connectivity index is 2.10. The quantitative estimate of drug-likeness (QED) is 0.845. The highest BCUT2D eigenvalue weighted by Gasteiger charge is 2.58. The van der Waals surface area contributed by atoms with Gasteiger partial charge in [-0.25, -0.2) is 0 Å². The molecule has 2 fully saturated rings. The third-order valence-corrected chi connectivity index (χ3v) is 6.98. The minimum Gasteiger partial charge on any atom is -0.481 e. The van der Waals surface area contributed by atoms with Crippen molar-refractivity contribution in [1.29, 1.82) is 0 Å². The molecule has 1 aromatic rings. The van der Waals surface area contributed by atoms with Gasteiger partial charge in [-0.05, 0) is 60.8 Å². The highest BCUT2D eigenvalue weighted by Crippen LogP contribution is 2.63. The summed E-state index contributed by atoms with van der Waals surface area (Å²) in [6.45, 7) is 8.99. The van der Waals surface area contributed by atoms with Crippen LogP contribution in [-0.2, 0) is 10.2 Å². The van der Waals surface area contributed by atoms with E-state index in [1.807, 2.05) is 13.0 Å². The molecule has 0 heterocycles. The van der Waals surface area contributed by atoms with Crippen molar-refractivity contribution in [1.82, 2.24) is 0 Å². The lowest BCUT2D eigenvalue weighted by Gasteiger charge is -2.59. The van der Waals surface area contributed by atoms with Crippen molar-refractivity contribution in [2.24, 2.45) is 22.7 Å². The van der Waals surface area contributed by atoms with Crippen molar-refractivity contribution in [2.45, 2.75) is 58.8 Å². The largest absolute Gasteiger partial charge is 0.481 e. The number of rotatable bonds is 2. The van der Waals surface area contributed by atoms with Crippen LogP contribution in [0.15, 0.2) is 30.3 Å². The lowest BCUT2D eigenvalue weighted by molar-refractivity contribution is -0.159. The summed E-state index contributed by atoms with van der Waals surface area (Å²) in [4.78, 5) is 12.0. The van der Waals surface area contributed by atoms with Gasteiger partial charge in [0.05, 0.1) is 5.41 Å². The van der Waals surface area contributed by atoms with E-state index in [4.69, 9.17) is 0 Å². The monoisotopic (exact) mass is 300 g/mol. The molecule has 2 aliphatic rings. The van der Waals surface area contributed by atoms with E-state index in [9.17, 15) is 9.90 Å². The third kappa shape index (κ3) is 2.19. The molecule has 0 spiro atoms. The summed E-state index contributed by atoms with van der Waals surface area (Å²) in [6, 6.07) is 10.6. The van der Waals surface area contributed by atoms with Crippen molar-refractivity contribution in [3.05, 3.63) is 35.9 Å². The molecule has 1 aromatic carbocycles. The Morgan fingerprint density at radius 2 is 1.73 bits per heavy atom. The number of carbonyl (C=O) groups is 1. The van der Waals surface area contributed by atoms with Gasteiger partial charge in [-0.2, -0.15) is 0 Å². The minimum absolute atomic E-state index is 0.0340. The molecular weight excluding hydrogens is 272 g/mol. The summed E-state index contributed by atoms with van der Waals surface area (Å²) in [7, 11) is 0. The minimum atomic E-state index is -0.622. The van der Waals surface area contributed by atoms with Gasteiger partial charge in [0.2, 0.25) is 0 Å². The van der Waals surface area contributed by atoms with E-state index >= 15 is 0 Å². The molecule has 0 amide bonds. The summed E-state index contributed by atoms with van der Waals surface area (Å²) in [5.74, 6) is 0.471. The lowest BCUT2D eigenvalue weighted by atomic mass is 9.44. The number of fused-ring (bicyclic) bond motifs is 2. The molecule has 4 unspecified atom stereocenters. The Hall–Kier alpha value is -1.31. The Morgan fingerprint density at radius 1 is 1.09 bits per heavy atom. The van der Waals surface area contributed by atoms with Crippen molar-refractivity contribution in [3.8, 4) is 0 Å². The topological polar surface area (TPSA) is 37.3 Å². The van der Waals surface area contributed by atoms with Crippen LogP contribution in [0.5, 0.6) is 0 Å². The van der Waals surface area contributed by atoms with Crippen LogP contribution in [0.3, 0.4) is 0 Å². The highest BCUT2D eigenvalue weighted by atomic mass is 16.4. The molecule has 120 valence electrons. The van der Waals surface area contributed by atoms with Crippen LogP contribution in [0.2, 0.25) is 0 Å². The Bertz CT molecular complexity index is 573. The second-order valence-electron chi connectivity index (χ2n) is 8.72. The van der Waals surface area contributed by atoms with Gasteiger partial charge < -0.3 is 5.11 Å². The van der Waals surface area contributed by atoms with Crippen LogP contribution < -0.4 is 0 Å². The number of aliphatic carboxylic acids is 1. The number of hydrogen-bond donors (Lipinski definition) is 1. The molecule has 22 heavy (non-hydrogen) atoms. The molecular formula is C20H28O2. The van der Waals surface area contributed by atoms with Gasteiger partial charge >= 0.3 is 5.97 Å². The highest BCUT2D eigenvalue weighted by molar-refractivity contribution is 5.74. The van der Waals surface area contributed by atoms with E-state index in [-0.39, 0.29) is 10.8 Å². The molecule has 2 bridgehead atoms. The molecule has 0 saturated heterocycles. The van der Waals surface area contributed by atoms with Crippen LogP contribution >= 0.6 is 0 Å². The molecule has 2 nitrogen and oxygen atoms in total. The fourth-order valence-corrected chi connectivity index (χ4v) is 5.20. The first-order chi connectivity index (χ1) is 10.2. The van der Waals surface area contributed by atoms with Crippen molar-refractivity contribution in [3.63, 3.8) is 0 Å². The molecule has 2 heteroatoms. The lowest BCUT2D eigenvalue weighted by Crippen LogP contribution is -2.55. The SMILES string of the molecule is CC1CC2(c3ccccc3)CC(CC(C)(C(=O)O)C2)C1(C)C. The summed E-state index contributed by atoms with van der Waals surface area (Å²) in [5.41, 5.74) is 0.993. The molecule has 0 radical (unpaired) electrons. The average molecular weight is 300 g/mol. The van der Waals surface area contributed by atoms with E-state index in [0.29, 0.717) is 11.8 Å². The molecule has 0 aromatic heterocycles. The maximum absolute atomic E-state index is 12.0. The second-order valence-corrected chi connectivity index (χ2v) is 8.72. The fraction of sp³-hybridized carbons (Fsp3) is 0.650. The normalized spacial score (nSPS) is 40.2. The Labute approximate surface area is 133 Å². The molecule has 3 rings (SSSR count). The molecule has 4 atom stereocenters. The summed E-state index contributed by atoms with van der Waals surface area (Å²) in [5, 5.41) is 9.85. The first-order valence-electron chi connectivity index (χ1n) is 8.49. The summed E-state index contributed by atoms with van der Waals surface area (Å²) >= 11 is 0. The van der Waals surface area contributed by atoms with Gasteiger partial charge in [0.15, 0.2) is 0 Å². The van der Waals surface area contributed by atoms with E-state index in [1.54, 1.807) is 0 Å². The zero-order valence-electron chi connectivity index (χ0n) is 14.2. The number of carboxylic acids is 1. The van der Waals surface area contributed by atoms with Crippen molar-refractivity contribution < 1.29 is 9.90 Å². The van der Waals surface area contributed by atoms with Gasteiger partial charge in [-0.3, -0.25) is 4.79 Å². The summed E-state index contributed by atoms with van der Waals surface area (Å²) < 4.78 is 0. The van der Waals surface area contributed by atoms with Gasteiger partial charge in [0, 0.05) is 0 Å². The maximum Gasteiger partial charge on any atom is 0.309 e. The van der Waals surface area contributed by atoms with Crippen molar-refractivity contribution >= 4 is 5.97 Å². The third-order valence-electron chi connectivity index (χ3n) is 6.98. The Morgan fingerprint density at radius 3 is 2.32 bits per heavy atom. The molecule has 1 N–H and O–H groups in total. The van der Waals surface area contributed by atoms with Gasteiger partial charge in [-0.15, -0.1) is 0 Å². The second kappa shape index (κ2) is 4.84. The van der Waals surface area contributed by atoms with Gasteiger partial charge in [0.1, 0.15) is 0 Å². The number of carboxylic acid groups (broad SMARTS) is 1. The Kier molecular flexibility index (Phi) is 3.43. The van der Waals surface area contributed by atoms with E-state index in [2.05, 4.69) is 45.0 Å². The predicted octanol–water partition coefficient (Wildman–Crippen LogP) is 4.88. The van der Waals surface area contributed by atoms with E-state index in [1.165, 1.54) is 5.56 Å². The smallest absolute Gasteiger partial charge is 0.309 e. The standard InChI is InChI=1S/C20H28O2/c1-14-10-20(15-8-6-5-7-9-15)12-16(18(14,2)3)11-19(4,13-20)17(21)22/h5-9,14,16H,10-13H2,1-4H3,(H,21,22). The van der Waals surface area contributed by atoms with Crippen LogP contribution in [-0.4, -0.2) is 11.1 Å². The van der Waals surface area contributed by atoms with Crippen LogP contribution in [0.25, 0.3) is 0 Å². The van der Waals surface area contributed by atoms with E-state index in [0.717, 1.165) is 25.7 Å². The van der Waals surface area contributed by atoms with Crippen molar-refractivity contribution in [2.75, 3.05) is 0 Å². The molecule has 2 aliphatic carbocycles. The fourth-order valence-electron chi connectivity index (χ4n) is 5.20. The first-order valence-corrected chi connectivity index (χ1v) is 8.49. The first kappa shape index (κ1) is 15.6. The average Bonchev–Trinajstić information content (AvgIpc) is 2.46. The van der Waals surface area contributed by atoms with Crippen LogP contribution in [0.4, 0.5) is 0 Å².